The highest BCUT2D eigenvalue weighted by Crippen LogP contribution is 2.16. The summed E-state index contributed by atoms with van der Waals surface area (Å²) in [4.78, 5) is 36.8. The highest BCUT2D eigenvalue weighted by Gasteiger charge is 2.29. The van der Waals surface area contributed by atoms with Gasteiger partial charge in [0, 0.05) is 0 Å². The Morgan fingerprint density at radius 1 is 1.11 bits per heavy atom. The Labute approximate surface area is 168 Å². The van der Waals surface area contributed by atoms with Crippen molar-refractivity contribution in [3.8, 4) is 0 Å². The minimum atomic E-state index is -0.984. The van der Waals surface area contributed by atoms with Crippen molar-refractivity contribution < 1.29 is 23.9 Å². The summed E-state index contributed by atoms with van der Waals surface area (Å²) in [5.41, 5.74) is 0.898. The molecule has 0 aliphatic heterocycles. The number of nitrogens with one attached hydrogen (secondary N) is 2. The van der Waals surface area contributed by atoms with Gasteiger partial charge in [0.1, 0.15) is 11.6 Å². The molecule has 2 N–H and O–H groups in total. The maximum atomic E-state index is 12.6. The standard InChI is InChI=1S/C21H34N2O5/c1-9-11-12-13-16(14(3)10-2)17(19(25)27-8)23-18(24)15(4)22-20(26)28-21(5,6)7/h9,11-13,15,17H,10H2,1-8H3,(H,22,26)(H,23,24)/b11-9-,13-12-,16-14-/t15-,17?/m0/s1. The molecule has 7 heteroatoms. The van der Waals surface area contributed by atoms with Crippen LogP contribution >= 0.6 is 0 Å². The number of amides is 2. The molecule has 0 heterocycles. The molecule has 28 heavy (non-hydrogen) atoms. The fraction of sp³-hybridized carbons (Fsp3) is 0.571. The highest BCUT2D eigenvalue weighted by atomic mass is 16.6. The van der Waals surface area contributed by atoms with E-state index < -0.39 is 35.7 Å². The number of hydrogen-bond donors (Lipinski definition) is 2. The molecule has 0 bridgehead atoms. The third-order valence-electron chi connectivity index (χ3n) is 3.76. The highest BCUT2D eigenvalue weighted by molar-refractivity contribution is 5.91. The number of allylic oxidation sites excluding steroid dienone is 4. The Morgan fingerprint density at radius 3 is 2.18 bits per heavy atom. The Kier molecular flexibility index (Phi) is 10.9. The quantitative estimate of drug-likeness (QED) is 0.486. The summed E-state index contributed by atoms with van der Waals surface area (Å²) in [6.45, 7) is 12.4. The molecule has 158 valence electrons. The molecular weight excluding hydrogens is 360 g/mol. The van der Waals surface area contributed by atoms with E-state index in [4.69, 9.17) is 9.47 Å². The first-order chi connectivity index (χ1) is 13.0. The van der Waals surface area contributed by atoms with Gasteiger partial charge in [-0.05, 0) is 53.5 Å². The van der Waals surface area contributed by atoms with Gasteiger partial charge in [0.05, 0.1) is 7.11 Å². The van der Waals surface area contributed by atoms with Gasteiger partial charge < -0.3 is 20.1 Å². The zero-order valence-corrected chi connectivity index (χ0v) is 18.2. The molecule has 2 atom stereocenters. The van der Waals surface area contributed by atoms with Gasteiger partial charge in [0.25, 0.3) is 0 Å². The van der Waals surface area contributed by atoms with E-state index in [1.54, 1.807) is 32.9 Å². The van der Waals surface area contributed by atoms with Gasteiger partial charge in [-0.3, -0.25) is 4.79 Å². The van der Waals surface area contributed by atoms with Gasteiger partial charge in [-0.15, -0.1) is 0 Å². The summed E-state index contributed by atoms with van der Waals surface area (Å²) in [5, 5.41) is 5.12. The van der Waals surface area contributed by atoms with E-state index >= 15 is 0 Å². The van der Waals surface area contributed by atoms with Crippen LogP contribution in [0, 0.1) is 0 Å². The van der Waals surface area contributed by atoms with Crippen molar-refractivity contribution in [2.45, 2.75) is 72.6 Å². The van der Waals surface area contributed by atoms with Gasteiger partial charge >= 0.3 is 12.1 Å². The summed E-state index contributed by atoms with van der Waals surface area (Å²) in [6.07, 6.45) is 7.23. The van der Waals surface area contributed by atoms with Crippen molar-refractivity contribution in [2.75, 3.05) is 7.11 Å². The Balaban J connectivity index is 5.49. The van der Waals surface area contributed by atoms with E-state index in [9.17, 15) is 14.4 Å². The van der Waals surface area contributed by atoms with Crippen LogP contribution in [0.1, 0.15) is 54.9 Å². The van der Waals surface area contributed by atoms with Crippen LogP contribution in [-0.2, 0) is 19.1 Å². The third kappa shape index (κ3) is 9.39. The number of carbonyl (C=O) groups is 3. The van der Waals surface area contributed by atoms with Crippen LogP contribution in [0.2, 0.25) is 0 Å². The summed E-state index contributed by atoms with van der Waals surface area (Å²) in [7, 11) is 1.26. The average Bonchev–Trinajstić information content (AvgIpc) is 2.60. The first kappa shape index (κ1) is 25.4. The summed E-state index contributed by atoms with van der Waals surface area (Å²) < 4.78 is 10.0. The van der Waals surface area contributed by atoms with Crippen molar-refractivity contribution >= 4 is 18.0 Å². The minimum absolute atomic E-state index is 0.526. The number of methoxy groups -OCH3 is 1. The van der Waals surface area contributed by atoms with Crippen molar-refractivity contribution in [1.29, 1.82) is 0 Å². The van der Waals surface area contributed by atoms with E-state index in [0.717, 1.165) is 5.57 Å². The Hall–Kier alpha value is -2.57. The van der Waals surface area contributed by atoms with Crippen LogP contribution in [0.15, 0.2) is 35.5 Å². The van der Waals surface area contributed by atoms with E-state index in [-0.39, 0.29) is 0 Å². The van der Waals surface area contributed by atoms with E-state index in [0.29, 0.717) is 12.0 Å². The molecular formula is C21H34N2O5. The largest absolute Gasteiger partial charge is 0.467 e. The molecule has 0 spiro atoms. The normalized spacial score (nSPS) is 15.0. The molecule has 0 aromatic carbocycles. The van der Waals surface area contributed by atoms with E-state index in [1.165, 1.54) is 14.0 Å². The first-order valence-corrected chi connectivity index (χ1v) is 9.33. The lowest BCUT2D eigenvalue weighted by Crippen LogP contribution is -2.51. The lowest BCUT2D eigenvalue weighted by Gasteiger charge is -2.24. The number of esters is 1. The number of alkyl carbamates (subject to hydrolysis) is 1. The molecule has 0 fully saturated rings. The molecule has 0 saturated carbocycles. The maximum Gasteiger partial charge on any atom is 0.408 e. The number of ether oxygens (including phenoxy) is 2. The lowest BCUT2D eigenvalue weighted by atomic mass is 9.98. The average molecular weight is 395 g/mol. The molecule has 0 radical (unpaired) electrons. The van der Waals surface area contributed by atoms with Gasteiger partial charge in [-0.1, -0.05) is 36.8 Å². The maximum absolute atomic E-state index is 12.6. The molecule has 0 aromatic heterocycles. The molecule has 0 aromatic rings. The van der Waals surface area contributed by atoms with E-state index in [1.807, 2.05) is 32.9 Å². The minimum Gasteiger partial charge on any atom is -0.467 e. The molecule has 7 nitrogen and oxygen atoms in total. The van der Waals surface area contributed by atoms with Crippen LogP contribution in [0.3, 0.4) is 0 Å². The smallest absolute Gasteiger partial charge is 0.408 e. The second-order valence-electron chi connectivity index (χ2n) is 7.31. The van der Waals surface area contributed by atoms with Crippen LogP contribution in [0.4, 0.5) is 4.79 Å². The first-order valence-electron chi connectivity index (χ1n) is 9.33. The predicted octanol–water partition coefficient (Wildman–Crippen LogP) is 3.42. The Bertz CT molecular complexity index is 642. The number of rotatable bonds is 8. The second kappa shape index (κ2) is 12.0. The Morgan fingerprint density at radius 2 is 1.71 bits per heavy atom. The zero-order chi connectivity index (χ0) is 21.9. The molecule has 0 aliphatic rings. The second-order valence-corrected chi connectivity index (χ2v) is 7.31. The van der Waals surface area contributed by atoms with Crippen LogP contribution in [-0.4, -0.2) is 42.8 Å². The van der Waals surface area contributed by atoms with Crippen molar-refractivity contribution in [1.82, 2.24) is 10.6 Å². The monoisotopic (exact) mass is 394 g/mol. The van der Waals surface area contributed by atoms with Gasteiger partial charge in [0.15, 0.2) is 6.04 Å². The van der Waals surface area contributed by atoms with Crippen LogP contribution in [0.25, 0.3) is 0 Å². The van der Waals surface area contributed by atoms with Crippen molar-refractivity contribution in [3.05, 3.63) is 35.5 Å². The summed E-state index contributed by atoms with van der Waals surface area (Å²) >= 11 is 0. The predicted molar refractivity (Wildman–Crippen MR) is 110 cm³/mol. The molecule has 1 unspecified atom stereocenters. The molecule has 0 saturated heterocycles. The fourth-order valence-corrected chi connectivity index (χ4v) is 2.16. The van der Waals surface area contributed by atoms with Gasteiger partial charge in [-0.25, -0.2) is 9.59 Å². The SMILES string of the molecule is C\C=C/C=C\C(=C(/C)CC)C(NC(=O)[C@H](C)NC(=O)OC(C)(C)C)C(=O)OC. The van der Waals surface area contributed by atoms with Gasteiger partial charge in [0.2, 0.25) is 5.91 Å². The molecule has 0 aliphatic carbocycles. The lowest BCUT2D eigenvalue weighted by molar-refractivity contribution is -0.144. The fourth-order valence-electron chi connectivity index (χ4n) is 2.16. The topological polar surface area (TPSA) is 93.7 Å². The van der Waals surface area contributed by atoms with Gasteiger partial charge in [-0.2, -0.15) is 0 Å². The summed E-state index contributed by atoms with van der Waals surface area (Å²) in [5.74, 6) is -1.12. The molecule has 2 amide bonds. The van der Waals surface area contributed by atoms with Crippen LogP contribution in [0.5, 0.6) is 0 Å². The zero-order valence-electron chi connectivity index (χ0n) is 18.2. The summed E-state index contributed by atoms with van der Waals surface area (Å²) in [6, 6.07) is -1.88. The van der Waals surface area contributed by atoms with E-state index in [2.05, 4.69) is 10.6 Å². The number of hydrogen-bond acceptors (Lipinski definition) is 5. The van der Waals surface area contributed by atoms with Crippen molar-refractivity contribution in [3.63, 3.8) is 0 Å². The molecule has 0 rings (SSSR count). The van der Waals surface area contributed by atoms with Crippen LogP contribution < -0.4 is 10.6 Å². The number of carbonyl (C=O) groups excluding carboxylic acids is 3. The third-order valence-corrected chi connectivity index (χ3v) is 3.76. The van der Waals surface area contributed by atoms with Crippen molar-refractivity contribution in [2.24, 2.45) is 0 Å².